The number of unbranched alkanes of at least 4 members (excludes halogenated alkanes) is 3. The number of nitrogens with two attached hydrogens (primary N) is 1. The molecule has 0 aromatic heterocycles. The molecule has 3 N–H and O–H groups in total. The van der Waals surface area contributed by atoms with Crippen molar-refractivity contribution in [2.45, 2.75) is 44.9 Å². The quantitative estimate of drug-likeness (QED) is 0.440. The van der Waals surface area contributed by atoms with Crippen LogP contribution in [0.5, 0.6) is 0 Å². The van der Waals surface area contributed by atoms with Gasteiger partial charge in [-0.05, 0) is 37.8 Å². The molecule has 1 aliphatic carbocycles. The minimum Gasteiger partial charge on any atom is -0.330 e. The lowest BCUT2D eigenvalue weighted by molar-refractivity contribution is -0.137. The van der Waals surface area contributed by atoms with Crippen LogP contribution < -0.4 is 11.1 Å². The van der Waals surface area contributed by atoms with Gasteiger partial charge in [0.1, 0.15) is 0 Å². The molecular weight excluding hydrogens is 332 g/mol. The standard InChI is InChI=1S/C20H24N2O4/c21-11-4-2-1-3-6-12-7-5-8-13-16(12)19(25)17(18(13)24)14-9-10-15(23)22-20(14)26/h5,7-8,14,17H,1-4,6,9-11,21H2,(H,22,23,26). The molecule has 1 aliphatic heterocycles. The van der Waals surface area contributed by atoms with Crippen LogP contribution in [0.2, 0.25) is 0 Å². The van der Waals surface area contributed by atoms with Gasteiger partial charge in [-0.2, -0.15) is 0 Å². The predicted octanol–water partition coefficient (Wildman–Crippen LogP) is 1.80. The van der Waals surface area contributed by atoms with Crippen LogP contribution >= 0.6 is 0 Å². The highest BCUT2D eigenvalue weighted by molar-refractivity contribution is 6.28. The summed E-state index contributed by atoms with van der Waals surface area (Å²) in [6.07, 6.45) is 5.14. The number of hydrogen-bond donors (Lipinski definition) is 2. The average molecular weight is 356 g/mol. The molecule has 0 radical (unpaired) electrons. The van der Waals surface area contributed by atoms with E-state index in [1.807, 2.05) is 6.07 Å². The lowest BCUT2D eigenvalue weighted by atomic mass is 9.82. The highest BCUT2D eigenvalue weighted by Crippen LogP contribution is 2.37. The molecule has 2 atom stereocenters. The van der Waals surface area contributed by atoms with E-state index in [1.165, 1.54) is 0 Å². The normalized spacial score (nSPS) is 22.5. The van der Waals surface area contributed by atoms with E-state index < -0.39 is 17.7 Å². The Balaban J connectivity index is 1.78. The fourth-order valence-electron chi connectivity index (χ4n) is 3.95. The summed E-state index contributed by atoms with van der Waals surface area (Å²) in [6, 6.07) is 5.35. The van der Waals surface area contributed by atoms with Gasteiger partial charge >= 0.3 is 0 Å². The zero-order valence-corrected chi connectivity index (χ0v) is 14.8. The summed E-state index contributed by atoms with van der Waals surface area (Å²) in [5.74, 6) is -3.15. The summed E-state index contributed by atoms with van der Waals surface area (Å²) in [5, 5.41) is 2.25. The van der Waals surface area contributed by atoms with E-state index in [0.29, 0.717) is 17.7 Å². The van der Waals surface area contributed by atoms with Crippen molar-refractivity contribution < 1.29 is 19.2 Å². The minimum absolute atomic E-state index is 0.164. The van der Waals surface area contributed by atoms with Crippen LogP contribution in [0.15, 0.2) is 18.2 Å². The van der Waals surface area contributed by atoms with Gasteiger partial charge in [-0.1, -0.05) is 31.0 Å². The van der Waals surface area contributed by atoms with E-state index in [2.05, 4.69) is 5.32 Å². The minimum atomic E-state index is -0.989. The summed E-state index contributed by atoms with van der Waals surface area (Å²) in [5.41, 5.74) is 7.28. The molecule has 3 rings (SSSR count). The Kier molecular flexibility index (Phi) is 5.61. The maximum absolute atomic E-state index is 13.0. The largest absolute Gasteiger partial charge is 0.330 e. The Hall–Kier alpha value is -2.34. The molecule has 1 aromatic rings. The second-order valence-corrected chi connectivity index (χ2v) is 7.06. The van der Waals surface area contributed by atoms with Crippen molar-refractivity contribution >= 4 is 23.4 Å². The molecule has 2 unspecified atom stereocenters. The first kappa shape index (κ1) is 18.5. The van der Waals surface area contributed by atoms with Gasteiger partial charge in [-0.25, -0.2) is 0 Å². The molecule has 2 amide bonds. The Labute approximate surface area is 152 Å². The summed E-state index contributed by atoms with van der Waals surface area (Å²) < 4.78 is 0. The molecule has 0 bridgehead atoms. The number of benzene rings is 1. The maximum atomic E-state index is 13.0. The number of fused-ring (bicyclic) bond motifs is 1. The van der Waals surface area contributed by atoms with Gasteiger partial charge in [0.25, 0.3) is 0 Å². The molecule has 0 spiro atoms. The summed E-state index contributed by atoms with van der Waals surface area (Å²) in [7, 11) is 0. The van der Waals surface area contributed by atoms with E-state index in [9.17, 15) is 19.2 Å². The second kappa shape index (κ2) is 7.91. The third kappa shape index (κ3) is 3.46. The summed E-state index contributed by atoms with van der Waals surface area (Å²) in [4.78, 5) is 49.3. The van der Waals surface area contributed by atoms with E-state index in [4.69, 9.17) is 5.73 Å². The summed E-state index contributed by atoms with van der Waals surface area (Å²) in [6.45, 7) is 0.682. The number of nitrogens with one attached hydrogen (secondary N) is 1. The first-order valence-electron chi connectivity index (χ1n) is 9.28. The highest BCUT2D eigenvalue weighted by Gasteiger charge is 2.48. The number of imide groups is 1. The topological polar surface area (TPSA) is 106 Å². The third-order valence-corrected chi connectivity index (χ3v) is 5.31. The van der Waals surface area contributed by atoms with E-state index in [0.717, 1.165) is 37.7 Å². The molecule has 6 nitrogen and oxygen atoms in total. The van der Waals surface area contributed by atoms with Gasteiger partial charge in [-0.15, -0.1) is 0 Å². The third-order valence-electron chi connectivity index (χ3n) is 5.31. The van der Waals surface area contributed by atoms with Crippen LogP contribution in [0.3, 0.4) is 0 Å². The van der Waals surface area contributed by atoms with Crippen LogP contribution in [0.25, 0.3) is 0 Å². The first-order valence-corrected chi connectivity index (χ1v) is 9.28. The smallest absolute Gasteiger partial charge is 0.230 e. The number of carbonyl (C=O) groups excluding carboxylic acids is 4. The molecule has 1 saturated heterocycles. The van der Waals surface area contributed by atoms with Crippen LogP contribution in [0, 0.1) is 11.8 Å². The Bertz CT molecular complexity index is 756. The number of hydrogen-bond acceptors (Lipinski definition) is 5. The number of amides is 2. The van der Waals surface area contributed by atoms with Crippen molar-refractivity contribution in [3.8, 4) is 0 Å². The monoisotopic (exact) mass is 356 g/mol. The molecule has 0 saturated carbocycles. The van der Waals surface area contributed by atoms with Crippen molar-refractivity contribution in [2.24, 2.45) is 17.6 Å². The Morgan fingerprint density at radius 3 is 2.50 bits per heavy atom. The van der Waals surface area contributed by atoms with Crippen LogP contribution in [-0.4, -0.2) is 29.9 Å². The average Bonchev–Trinajstić information content (AvgIpc) is 2.87. The molecule has 2 aliphatic rings. The van der Waals surface area contributed by atoms with Gasteiger partial charge < -0.3 is 5.73 Å². The van der Waals surface area contributed by atoms with Crippen LogP contribution in [-0.2, 0) is 16.0 Å². The van der Waals surface area contributed by atoms with Gasteiger partial charge in [0.05, 0.1) is 11.8 Å². The second-order valence-electron chi connectivity index (χ2n) is 7.06. The van der Waals surface area contributed by atoms with E-state index in [1.54, 1.807) is 12.1 Å². The van der Waals surface area contributed by atoms with Crippen LogP contribution in [0.4, 0.5) is 0 Å². The lowest BCUT2D eigenvalue weighted by Gasteiger charge is -2.24. The Morgan fingerprint density at radius 2 is 1.77 bits per heavy atom. The van der Waals surface area contributed by atoms with Crippen molar-refractivity contribution in [2.75, 3.05) is 6.54 Å². The molecular formula is C20H24N2O4. The number of aryl methyl sites for hydroxylation is 1. The number of carbonyl (C=O) groups is 4. The predicted molar refractivity (Wildman–Crippen MR) is 95.7 cm³/mol. The number of rotatable bonds is 7. The highest BCUT2D eigenvalue weighted by atomic mass is 16.2. The molecule has 1 fully saturated rings. The molecule has 1 aromatic carbocycles. The van der Waals surface area contributed by atoms with Gasteiger partial charge in [0.2, 0.25) is 11.8 Å². The molecule has 6 heteroatoms. The van der Waals surface area contributed by atoms with Crippen molar-refractivity contribution in [1.29, 1.82) is 0 Å². The van der Waals surface area contributed by atoms with E-state index in [-0.39, 0.29) is 30.3 Å². The summed E-state index contributed by atoms with van der Waals surface area (Å²) >= 11 is 0. The first-order chi connectivity index (χ1) is 12.5. The maximum Gasteiger partial charge on any atom is 0.230 e. The number of ketones is 2. The van der Waals surface area contributed by atoms with E-state index >= 15 is 0 Å². The zero-order valence-electron chi connectivity index (χ0n) is 14.8. The number of piperidine rings is 1. The van der Waals surface area contributed by atoms with Crippen molar-refractivity contribution in [3.05, 3.63) is 34.9 Å². The van der Waals surface area contributed by atoms with Crippen molar-refractivity contribution in [3.63, 3.8) is 0 Å². The number of Topliss-reactive ketones (excluding diaryl/α,β-unsaturated/α-hetero) is 2. The van der Waals surface area contributed by atoms with Crippen LogP contribution in [0.1, 0.15) is 64.8 Å². The Morgan fingerprint density at radius 1 is 1.00 bits per heavy atom. The molecule has 1 heterocycles. The fourth-order valence-corrected chi connectivity index (χ4v) is 3.95. The fraction of sp³-hybridized carbons (Fsp3) is 0.500. The molecule has 138 valence electrons. The van der Waals surface area contributed by atoms with Gasteiger partial charge in [0, 0.05) is 17.5 Å². The van der Waals surface area contributed by atoms with Gasteiger partial charge in [0.15, 0.2) is 11.6 Å². The SMILES string of the molecule is NCCCCCCc1cccc2c1C(=O)C(C1CCC(=O)NC1=O)C2=O. The van der Waals surface area contributed by atoms with Gasteiger partial charge in [-0.3, -0.25) is 24.5 Å². The lowest BCUT2D eigenvalue weighted by Crippen LogP contribution is -2.46. The zero-order chi connectivity index (χ0) is 18.7. The van der Waals surface area contributed by atoms with Crippen molar-refractivity contribution in [1.82, 2.24) is 5.32 Å². The molecule has 26 heavy (non-hydrogen) atoms.